The van der Waals surface area contributed by atoms with Crippen molar-refractivity contribution in [3.05, 3.63) is 65.0 Å². The van der Waals surface area contributed by atoms with Crippen LogP contribution in [-0.4, -0.2) is 59.7 Å². The Balaban J connectivity index is 1.40. The van der Waals surface area contributed by atoms with Gasteiger partial charge < -0.3 is 9.80 Å². The molecule has 2 fully saturated rings. The summed E-state index contributed by atoms with van der Waals surface area (Å²) < 4.78 is 13.4. The number of fused-ring (bicyclic) bond motifs is 1. The SMILES string of the molecule is CC(C)N(C)C(=O)C1CCC(N2C(=NC(=O)c3ccc(F)cc3)Cc3ccc(CN4CCCCC4)cc32)CC1. The Labute approximate surface area is 231 Å². The molecule has 0 atom stereocenters. The third-order valence-corrected chi connectivity index (χ3v) is 8.75. The van der Waals surface area contributed by atoms with Crippen LogP contribution >= 0.6 is 0 Å². The number of carbonyl (C=O) groups excluding carboxylic acids is 2. The molecule has 2 aromatic carbocycles. The maximum atomic E-state index is 13.4. The minimum atomic E-state index is -0.371. The van der Waals surface area contributed by atoms with Gasteiger partial charge in [-0.2, -0.15) is 4.99 Å². The molecule has 0 spiro atoms. The number of hydrogen-bond acceptors (Lipinski definition) is 3. The molecular weight excluding hydrogens is 491 g/mol. The van der Waals surface area contributed by atoms with Gasteiger partial charge in [0.2, 0.25) is 5.91 Å². The number of likely N-dealkylation sites (tertiary alicyclic amines) is 1. The average molecular weight is 533 g/mol. The molecule has 1 saturated carbocycles. The number of halogens is 1. The van der Waals surface area contributed by atoms with E-state index in [-0.39, 0.29) is 35.6 Å². The molecule has 2 aromatic rings. The number of carbonyl (C=O) groups is 2. The second-order valence-electron chi connectivity index (χ2n) is 11.7. The molecule has 2 heterocycles. The lowest BCUT2D eigenvalue weighted by Gasteiger charge is -2.37. The van der Waals surface area contributed by atoms with Crippen LogP contribution < -0.4 is 4.90 Å². The minimum Gasteiger partial charge on any atom is -0.343 e. The van der Waals surface area contributed by atoms with Crippen molar-refractivity contribution in [2.75, 3.05) is 25.0 Å². The molecule has 1 saturated heterocycles. The Morgan fingerprint density at radius 2 is 1.69 bits per heavy atom. The van der Waals surface area contributed by atoms with E-state index in [1.165, 1.54) is 54.7 Å². The highest BCUT2D eigenvalue weighted by Gasteiger charge is 2.37. The number of hydrogen-bond donors (Lipinski definition) is 0. The molecule has 2 aliphatic heterocycles. The third-order valence-electron chi connectivity index (χ3n) is 8.75. The zero-order valence-corrected chi connectivity index (χ0v) is 23.5. The highest BCUT2D eigenvalue weighted by Crippen LogP contribution is 2.38. The van der Waals surface area contributed by atoms with Crippen LogP contribution in [0.2, 0.25) is 0 Å². The zero-order valence-electron chi connectivity index (χ0n) is 23.5. The van der Waals surface area contributed by atoms with Crippen molar-refractivity contribution in [2.24, 2.45) is 10.9 Å². The Hall–Kier alpha value is -3.06. The number of benzene rings is 2. The molecule has 5 rings (SSSR count). The second kappa shape index (κ2) is 12.0. The van der Waals surface area contributed by atoms with Gasteiger partial charge in [-0.3, -0.25) is 14.5 Å². The fourth-order valence-electron chi connectivity index (χ4n) is 6.25. The standard InChI is InChI=1S/C32H41FN4O2/c1-22(2)35(3)32(39)25-11-15-28(16-12-25)37-29-19-23(21-36-17-5-4-6-18-36)7-8-26(29)20-30(37)34-31(38)24-9-13-27(33)14-10-24/h7-10,13-14,19,22,25,28H,4-6,11-12,15-18,20-21H2,1-3H3. The second-order valence-corrected chi connectivity index (χ2v) is 11.7. The first-order valence-electron chi connectivity index (χ1n) is 14.6. The molecule has 0 unspecified atom stereocenters. The summed E-state index contributed by atoms with van der Waals surface area (Å²) in [6.45, 7) is 7.32. The molecule has 1 aliphatic carbocycles. The molecule has 208 valence electrons. The van der Waals surface area contributed by atoms with Gasteiger partial charge in [0.25, 0.3) is 5.91 Å². The van der Waals surface area contributed by atoms with Crippen molar-refractivity contribution in [1.82, 2.24) is 9.80 Å². The van der Waals surface area contributed by atoms with E-state index in [9.17, 15) is 14.0 Å². The van der Waals surface area contributed by atoms with Gasteiger partial charge in [-0.05, 0) is 107 Å². The number of aliphatic imine (C=N–C) groups is 1. The zero-order chi connectivity index (χ0) is 27.5. The van der Waals surface area contributed by atoms with E-state index in [0.717, 1.165) is 56.8 Å². The first-order valence-corrected chi connectivity index (χ1v) is 14.6. The predicted molar refractivity (Wildman–Crippen MR) is 154 cm³/mol. The fourth-order valence-corrected chi connectivity index (χ4v) is 6.25. The number of amidine groups is 1. The molecule has 6 nitrogen and oxygen atoms in total. The number of rotatable bonds is 6. The maximum absolute atomic E-state index is 13.4. The number of nitrogens with zero attached hydrogens (tertiary/aromatic N) is 4. The van der Waals surface area contributed by atoms with Crippen LogP contribution in [-0.2, 0) is 17.8 Å². The maximum Gasteiger partial charge on any atom is 0.278 e. The van der Waals surface area contributed by atoms with E-state index in [1.807, 2.05) is 25.8 Å². The first kappa shape index (κ1) is 27.5. The Kier molecular flexibility index (Phi) is 8.46. The van der Waals surface area contributed by atoms with Gasteiger partial charge in [-0.15, -0.1) is 0 Å². The highest BCUT2D eigenvalue weighted by atomic mass is 19.1. The van der Waals surface area contributed by atoms with Crippen LogP contribution in [0.1, 0.15) is 80.3 Å². The lowest BCUT2D eigenvalue weighted by molar-refractivity contribution is -0.136. The van der Waals surface area contributed by atoms with Crippen molar-refractivity contribution in [1.29, 1.82) is 0 Å². The molecule has 3 aliphatic rings. The first-order chi connectivity index (χ1) is 18.8. The van der Waals surface area contributed by atoms with Crippen molar-refractivity contribution < 1.29 is 14.0 Å². The fraction of sp³-hybridized carbons (Fsp3) is 0.531. The van der Waals surface area contributed by atoms with Gasteiger partial charge in [0.15, 0.2) is 0 Å². The molecule has 0 radical (unpaired) electrons. The van der Waals surface area contributed by atoms with Gasteiger partial charge in [0, 0.05) is 49.3 Å². The average Bonchev–Trinajstić information content (AvgIpc) is 3.30. The molecule has 7 heteroatoms. The van der Waals surface area contributed by atoms with E-state index >= 15 is 0 Å². The highest BCUT2D eigenvalue weighted by molar-refractivity contribution is 6.12. The Bertz CT molecular complexity index is 1210. The number of anilines is 1. The Morgan fingerprint density at radius 1 is 1.00 bits per heavy atom. The largest absolute Gasteiger partial charge is 0.343 e. The van der Waals surface area contributed by atoms with Gasteiger partial charge in [0.1, 0.15) is 11.7 Å². The predicted octanol–water partition coefficient (Wildman–Crippen LogP) is 5.84. The molecule has 39 heavy (non-hydrogen) atoms. The smallest absolute Gasteiger partial charge is 0.278 e. The summed E-state index contributed by atoms with van der Waals surface area (Å²) in [7, 11) is 1.89. The van der Waals surface area contributed by atoms with Crippen LogP contribution in [0.5, 0.6) is 0 Å². The lowest BCUT2D eigenvalue weighted by Crippen LogP contribution is -2.44. The molecular formula is C32H41FN4O2. The van der Waals surface area contributed by atoms with E-state index in [2.05, 4.69) is 33.0 Å². The molecule has 0 bridgehead atoms. The van der Waals surface area contributed by atoms with Gasteiger partial charge >= 0.3 is 0 Å². The summed E-state index contributed by atoms with van der Waals surface area (Å²) in [5.41, 5.74) is 4.00. The topological polar surface area (TPSA) is 56.2 Å². The van der Waals surface area contributed by atoms with Crippen molar-refractivity contribution >= 4 is 23.3 Å². The quantitative estimate of drug-likeness (QED) is 0.469. The monoisotopic (exact) mass is 532 g/mol. The summed E-state index contributed by atoms with van der Waals surface area (Å²) >= 11 is 0. The lowest BCUT2D eigenvalue weighted by atomic mass is 9.84. The van der Waals surface area contributed by atoms with Gasteiger partial charge in [-0.1, -0.05) is 18.6 Å². The minimum absolute atomic E-state index is 0.0439. The van der Waals surface area contributed by atoms with Crippen LogP contribution in [0.15, 0.2) is 47.5 Å². The van der Waals surface area contributed by atoms with E-state index in [0.29, 0.717) is 12.0 Å². The summed E-state index contributed by atoms with van der Waals surface area (Å²) in [6, 6.07) is 12.7. The summed E-state index contributed by atoms with van der Waals surface area (Å²) in [5.74, 6) is 0.309. The third kappa shape index (κ3) is 6.24. The van der Waals surface area contributed by atoms with E-state index in [1.54, 1.807) is 0 Å². The van der Waals surface area contributed by atoms with Crippen LogP contribution in [0.25, 0.3) is 0 Å². The number of piperidine rings is 1. The van der Waals surface area contributed by atoms with Crippen molar-refractivity contribution in [3.8, 4) is 0 Å². The normalized spacial score (nSPS) is 22.8. The van der Waals surface area contributed by atoms with Crippen molar-refractivity contribution in [3.63, 3.8) is 0 Å². The van der Waals surface area contributed by atoms with Gasteiger partial charge in [-0.25, -0.2) is 4.39 Å². The summed E-state index contributed by atoms with van der Waals surface area (Å²) in [5, 5.41) is 0. The Morgan fingerprint density at radius 3 is 2.36 bits per heavy atom. The molecule has 0 N–H and O–H groups in total. The number of amides is 2. The van der Waals surface area contributed by atoms with E-state index < -0.39 is 0 Å². The molecule has 0 aromatic heterocycles. The summed E-state index contributed by atoms with van der Waals surface area (Å²) in [4.78, 5) is 37.4. The molecule has 2 amide bonds. The van der Waals surface area contributed by atoms with Crippen molar-refractivity contribution in [2.45, 2.75) is 83.8 Å². The summed E-state index contributed by atoms with van der Waals surface area (Å²) in [6.07, 6.45) is 7.85. The van der Waals surface area contributed by atoms with Crippen LogP contribution in [0, 0.1) is 11.7 Å². The van der Waals surface area contributed by atoms with Gasteiger partial charge in [0.05, 0.1) is 0 Å². The van der Waals surface area contributed by atoms with E-state index in [4.69, 9.17) is 0 Å². The van der Waals surface area contributed by atoms with Crippen LogP contribution in [0.3, 0.4) is 0 Å². The van der Waals surface area contributed by atoms with Crippen LogP contribution in [0.4, 0.5) is 10.1 Å².